The highest BCUT2D eigenvalue weighted by Gasteiger charge is 2.17. The molecular formula is C20H22N4O. The summed E-state index contributed by atoms with van der Waals surface area (Å²) in [6, 6.07) is 18.9. The fourth-order valence-electron chi connectivity index (χ4n) is 3.25. The first-order valence-electron chi connectivity index (χ1n) is 8.57. The highest BCUT2D eigenvalue weighted by atomic mass is 16.5. The quantitative estimate of drug-likeness (QED) is 0.734. The highest BCUT2D eigenvalue weighted by Crippen LogP contribution is 2.23. The van der Waals surface area contributed by atoms with E-state index in [1.807, 2.05) is 29.1 Å². The summed E-state index contributed by atoms with van der Waals surface area (Å²) in [5.41, 5.74) is 3.62. The van der Waals surface area contributed by atoms with Gasteiger partial charge in [0.15, 0.2) is 0 Å². The summed E-state index contributed by atoms with van der Waals surface area (Å²) in [4.78, 5) is 4.86. The predicted octanol–water partition coefficient (Wildman–Crippen LogP) is 3.21. The monoisotopic (exact) mass is 334 g/mol. The Balaban J connectivity index is 1.39. The van der Waals surface area contributed by atoms with Crippen LogP contribution in [0, 0.1) is 0 Å². The van der Waals surface area contributed by atoms with Crippen molar-refractivity contribution in [1.82, 2.24) is 9.78 Å². The van der Waals surface area contributed by atoms with Crippen LogP contribution in [0.5, 0.6) is 5.75 Å². The number of ether oxygens (including phenoxy) is 1. The van der Waals surface area contributed by atoms with E-state index >= 15 is 0 Å². The summed E-state index contributed by atoms with van der Waals surface area (Å²) in [7, 11) is 1.70. The number of aromatic nitrogens is 2. The molecule has 5 heteroatoms. The maximum atomic E-state index is 5.23. The molecule has 1 saturated heterocycles. The van der Waals surface area contributed by atoms with E-state index in [4.69, 9.17) is 4.74 Å². The largest absolute Gasteiger partial charge is 0.497 e. The van der Waals surface area contributed by atoms with Crippen LogP contribution in [0.2, 0.25) is 0 Å². The molecule has 5 nitrogen and oxygen atoms in total. The van der Waals surface area contributed by atoms with Crippen molar-refractivity contribution in [1.29, 1.82) is 0 Å². The SMILES string of the molecule is COc1ccc(N2CCN(c3ccc(-n4cccn4)cc3)CC2)cc1. The lowest BCUT2D eigenvalue weighted by atomic mass is 10.2. The van der Waals surface area contributed by atoms with Crippen LogP contribution in [0.1, 0.15) is 0 Å². The second-order valence-electron chi connectivity index (χ2n) is 6.14. The van der Waals surface area contributed by atoms with Gasteiger partial charge in [-0.25, -0.2) is 4.68 Å². The number of hydrogen-bond acceptors (Lipinski definition) is 4. The molecular weight excluding hydrogens is 312 g/mol. The number of methoxy groups -OCH3 is 1. The van der Waals surface area contributed by atoms with Gasteiger partial charge in [0.25, 0.3) is 0 Å². The van der Waals surface area contributed by atoms with Crippen molar-refractivity contribution < 1.29 is 4.74 Å². The average molecular weight is 334 g/mol. The Morgan fingerprint density at radius 1 is 0.760 bits per heavy atom. The molecule has 0 unspecified atom stereocenters. The summed E-state index contributed by atoms with van der Waals surface area (Å²) in [5, 5.41) is 4.27. The van der Waals surface area contributed by atoms with Crippen LogP contribution in [0.4, 0.5) is 11.4 Å². The minimum Gasteiger partial charge on any atom is -0.497 e. The second kappa shape index (κ2) is 6.89. The van der Waals surface area contributed by atoms with Crippen LogP contribution in [-0.4, -0.2) is 43.1 Å². The Kier molecular flexibility index (Phi) is 4.29. The molecule has 1 aromatic heterocycles. The van der Waals surface area contributed by atoms with Gasteiger partial charge in [0.2, 0.25) is 0 Å². The molecule has 0 aliphatic carbocycles. The zero-order valence-electron chi connectivity index (χ0n) is 14.4. The van der Waals surface area contributed by atoms with E-state index in [9.17, 15) is 0 Å². The molecule has 1 aliphatic heterocycles. The number of benzene rings is 2. The molecule has 0 bridgehead atoms. The van der Waals surface area contributed by atoms with E-state index < -0.39 is 0 Å². The predicted molar refractivity (Wildman–Crippen MR) is 101 cm³/mol. The normalized spacial score (nSPS) is 14.6. The lowest BCUT2D eigenvalue weighted by Gasteiger charge is -2.37. The van der Waals surface area contributed by atoms with Crippen molar-refractivity contribution in [2.24, 2.45) is 0 Å². The summed E-state index contributed by atoms with van der Waals surface area (Å²) in [6.45, 7) is 4.08. The average Bonchev–Trinajstić information content (AvgIpc) is 3.23. The molecule has 2 heterocycles. The molecule has 0 spiro atoms. The van der Waals surface area contributed by atoms with E-state index in [0.717, 1.165) is 37.6 Å². The van der Waals surface area contributed by atoms with Crippen LogP contribution in [-0.2, 0) is 0 Å². The second-order valence-corrected chi connectivity index (χ2v) is 6.14. The molecule has 128 valence electrons. The smallest absolute Gasteiger partial charge is 0.119 e. The van der Waals surface area contributed by atoms with Crippen molar-refractivity contribution in [3.63, 3.8) is 0 Å². The summed E-state index contributed by atoms with van der Waals surface area (Å²) >= 11 is 0. The van der Waals surface area contributed by atoms with Crippen LogP contribution < -0.4 is 14.5 Å². The molecule has 3 aromatic rings. The molecule has 1 aliphatic rings. The third kappa shape index (κ3) is 3.31. The highest BCUT2D eigenvalue weighted by molar-refractivity contribution is 5.54. The molecule has 25 heavy (non-hydrogen) atoms. The van der Waals surface area contributed by atoms with Gasteiger partial charge in [0, 0.05) is 49.9 Å². The molecule has 0 amide bonds. The Bertz CT molecular complexity index is 789. The van der Waals surface area contributed by atoms with Gasteiger partial charge in [-0.05, 0) is 54.6 Å². The minimum absolute atomic E-state index is 0.902. The van der Waals surface area contributed by atoms with E-state index in [1.54, 1.807) is 13.3 Å². The van der Waals surface area contributed by atoms with Gasteiger partial charge in [-0.3, -0.25) is 0 Å². The van der Waals surface area contributed by atoms with E-state index in [2.05, 4.69) is 51.3 Å². The first kappa shape index (κ1) is 15.6. The maximum absolute atomic E-state index is 5.23. The van der Waals surface area contributed by atoms with Crippen molar-refractivity contribution >= 4 is 11.4 Å². The standard InChI is InChI=1S/C20H22N4O/c1-25-20-9-7-18(8-10-20)23-15-13-22(14-16-23)17-3-5-19(6-4-17)24-12-2-11-21-24/h2-12H,13-16H2,1H3. The first-order chi connectivity index (χ1) is 12.3. The Labute approximate surface area is 148 Å². The molecule has 0 N–H and O–H groups in total. The first-order valence-corrected chi connectivity index (χ1v) is 8.57. The fourth-order valence-corrected chi connectivity index (χ4v) is 3.25. The number of piperazine rings is 1. The summed E-state index contributed by atoms with van der Waals surface area (Å²) in [5.74, 6) is 0.902. The van der Waals surface area contributed by atoms with Gasteiger partial charge in [-0.15, -0.1) is 0 Å². The van der Waals surface area contributed by atoms with Gasteiger partial charge in [0.05, 0.1) is 12.8 Å². The Hall–Kier alpha value is -2.95. The molecule has 4 rings (SSSR count). The number of nitrogens with zero attached hydrogens (tertiary/aromatic N) is 4. The molecule has 2 aromatic carbocycles. The summed E-state index contributed by atoms with van der Waals surface area (Å²) in [6.07, 6.45) is 3.76. The molecule has 0 radical (unpaired) electrons. The fraction of sp³-hybridized carbons (Fsp3) is 0.250. The van der Waals surface area contributed by atoms with Gasteiger partial charge in [-0.2, -0.15) is 5.10 Å². The third-order valence-electron chi connectivity index (χ3n) is 4.70. The zero-order valence-corrected chi connectivity index (χ0v) is 14.4. The van der Waals surface area contributed by atoms with Gasteiger partial charge in [0.1, 0.15) is 5.75 Å². The number of hydrogen-bond donors (Lipinski definition) is 0. The van der Waals surface area contributed by atoms with Crippen molar-refractivity contribution in [2.45, 2.75) is 0 Å². The van der Waals surface area contributed by atoms with Crippen LogP contribution in [0.15, 0.2) is 67.0 Å². The lowest BCUT2D eigenvalue weighted by Crippen LogP contribution is -2.46. The van der Waals surface area contributed by atoms with Crippen molar-refractivity contribution in [2.75, 3.05) is 43.1 Å². The Morgan fingerprint density at radius 3 is 1.76 bits per heavy atom. The molecule has 0 saturated carbocycles. The van der Waals surface area contributed by atoms with Crippen molar-refractivity contribution in [3.8, 4) is 11.4 Å². The van der Waals surface area contributed by atoms with Crippen LogP contribution in [0.25, 0.3) is 5.69 Å². The summed E-state index contributed by atoms with van der Waals surface area (Å²) < 4.78 is 7.12. The molecule has 1 fully saturated rings. The van der Waals surface area contributed by atoms with Crippen molar-refractivity contribution in [3.05, 3.63) is 67.0 Å². The third-order valence-corrected chi connectivity index (χ3v) is 4.70. The van der Waals surface area contributed by atoms with E-state index in [1.165, 1.54) is 11.4 Å². The number of anilines is 2. The van der Waals surface area contributed by atoms with Gasteiger partial charge >= 0.3 is 0 Å². The van der Waals surface area contributed by atoms with E-state index in [0.29, 0.717) is 0 Å². The molecule has 0 atom stereocenters. The zero-order chi connectivity index (χ0) is 17.1. The maximum Gasteiger partial charge on any atom is 0.119 e. The Morgan fingerprint density at radius 2 is 1.28 bits per heavy atom. The number of rotatable bonds is 4. The van der Waals surface area contributed by atoms with Gasteiger partial charge in [-0.1, -0.05) is 0 Å². The lowest BCUT2D eigenvalue weighted by molar-refractivity contribution is 0.415. The van der Waals surface area contributed by atoms with E-state index in [-0.39, 0.29) is 0 Å². The minimum atomic E-state index is 0.902. The topological polar surface area (TPSA) is 33.5 Å². The van der Waals surface area contributed by atoms with Crippen LogP contribution >= 0.6 is 0 Å². The van der Waals surface area contributed by atoms with Gasteiger partial charge < -0.3 is 14.5 Å². The van der Waals surface area contributed by atoms with Crippen LogP contribution in [0.3, 0.4) is 0 Å².